The van der Waals surface area contributed by atoms with E-state index in [0.717, 1.165) is 0 Å². The summed E-state index contributed by atoms with van der Waals surface area (Å²) in [5.41, 5.74) is 1.09. The van der Waals surface area contributed by atoms with Gasteiger partial charge in [0.15, 0.2) is 0 Å². The number of hydrogen-bond donors (Lipinski definition) is 0. The van der Waals surface area contributed by atoms with Gasteiger partial charge in [-0.15, -0.1) is 0 Å². The molecule has 102 valence electrons. The Labute approximate surface area is 116 Å². The lowest BCUT2D eigenvalue weighted by molar-refractivity contribution is 0.0514. The fourth-order valence-electron chi connectivity index (χ4n) is 1.89. The standard InChI is InChI=1S/C15H13FN2O2/c1-2-20-15(19)14-4-3-7-18(14)10-12-8-11(9-17)5-6-13(12)16/h3-8H,2,10H2,1H3. The van der Waals surface area contributed by atoms with Crippen molar-refractivity contribution in [3.05, 3.63) is 59.2 Å². The lowest BCUT2D eigenvalue weighted by Gasteiger charge is -2.09. The second kappa shape index (κ2) is 6.02. The zero-order valence-electron chi connectivity index (χ0n) is 11.0. The quantitative estimate of drug-likeness (QED) is 0.804. The molecule has 2 aromatic rings. The van der Waals surface area contributed by atoms with Gasteiger partial charge in [0.05, 0.1) is 24.8 Å². The van der Waals surface area contributed by atoms with Crippen molar-refractivity contribution in [2.24, 2.45) is 0 Å². The molecule has 20 heavy (non-hydrogen) atoms. The highest BCUT2D eigenvalue weighted by molar-refractivity contribution is 5.87. The maximum Gasteiger partial charge on any atom is 0.354 e. The predicted octanol–water partition coefficient (Wildman–Crippen LogP) is 2.72. The van der Waals surface area contributed by atoms with Crippen molar-refractivity contribution >= 4 is 5.97 Å². The van der Waals surface area contributed by atoms with Crippen LogP contribution in [0.3, 0.4) is 0 Å². The Bertz CT molecular complexity index is 671. The van der Waals surface area contributed by atoms with Crippen molar-refractivity contribution in [3.63, 3.8) is 0 Å². The average molecular weight is 272 g/mol. The summed E-state index contributed by atoms with van der Waals surface area (Å²) in [6.45, 7) is 2.17. The average Bonchev–Trinajstić information content (AvgIpc) is 2.90. The first-order valence-electron chi connectivity index (χ1n) is 6.16. The maximum atomic E-state index is 13.7. The molecule has 0 aliphatic carbocycles. The lowest BCUT2D eigenvalue weighted by Crippen LogP contribution is -2.13. The lowest BCUT2D eigenvalue weighted by atomic mass is 10.1. The second-order valence-corrected chi connectivity index (χ2v) is 4.16. The maximum absolute atomic E-state index is 13.7. The summed E-state index contributed by atoms with van der Waals surface area (Å²) in [5.74, 6) is -0.859. The highest BCUT2D eigenvalue weighted by atomic mass is 19.1. The molecule has 1 aromatic heterocycles. The number of carbonyl (C=O) groups excluding carboxylic acids is 1. The third kappa shape index (κ3) is 2.86. The molecule has 0 atom stereocenters. The summed E-state index contributed by atoms with van der Waals surface area (Å²) in [4.78, 5) is 11.7. The molecule has 0 saturated carbocycles. The van der Waals surface area contributed by atoms with E-state index in [1.807, 2.05) is 6.07 Å². The molecule has 0 radical (unpaired) electrons. The van der Waals surface area contributed by atoms with Gasteiger partial charge in [0, 0.05) is 11.8 Å². The van der Waals surface area contributed by atoms with Crippen LogP contribution in [0.2, 0.25) is 0 Å². The van der Waals surface area contributed by atoms with Gasteiger partial charge < -0.3 is 9.30 Å². The van der Waals surface area contributed by atoms with E-state index in [2.05, 4.69) is 0 Å². The fraction of sp³-hybridized carbons (Fsp3) is 0.200. The van der Waals surface area contributed by atoms with E-state index < -0.39 is 11.8 Å². The molecule has 5 heteroatoms. The number of ether oxygens (including phenoxy) is 1. The highest BCUT2D eigenvalue weighted by Gasteiger charge is 2.13. The third-order valence-corrected chi connectivity index (χ3v) is 2.83. The van der Waals surface area contributed by atoms with Crippen LogP contribution in [0.15, 0.2) is 36.5 Å². The van der Waals surface area contributed by atoms with Gasteiger partial charge in [-0.05, 0) is 37.3 Å². The van der Waals surface area contributed by atoms with Gasteiger partial charge in [0.2, 0.25) is 0 Å². The van der Waals surface area contributed by atoms with Crippen molar-refractivity contribution in [2.75, 3.05) is 6.61 Å². The van der Waals surface area contributed by atoms with Gasteiger partial charge >= 0.3 is 5.97 Å². The van der Waals surface area contributed by atoms with Gasteiger partial charge in [0.25, 0.3) is 0 Å². The first-order chi connectivity index (χ1) is 9.65. The van der Waals surface area contributed by atoms with E-state index in [4.69, 9.17) is 10.00 Å². The number of hydrogen-bond acceptors (Lipinski definition) is 3. The number of nitriles is 1. The van der Waals surface area contributed by atoms with Crippen molar-refractivity contribution in [3.8, 4) is 6.07 Å². The topological polar surface area (TPSA) is 55.0 Å². The Hall–Kier alpha value is -2.61. The molecule has 0 aliphatic heterocycles. The monoisotopic (exact) mass is 272 g/mol. The smallest absolute Gasteiger partial charge is 0.354 e. The molecule has 1 aromatic carbocycles. The highest BCUT2D eigenvalue weighted by Crippen LogP contribution is 2.14. The number of halogens is 1. The Balaban J connectivity index is 2.29. The fourth-order valence-corrected chi connectivity index (χ4v) is 1.89. The summed E-state index contributed by atoms with van der Waals surface area (Å²) in [7, 11) is 0. The number of esters is 1. The minimum Gasteiger partial charge on any atom is -0.461 e. The number of nitrogens with zero attached hydrogens (tertiary/aromatic N) is 2. The molecular weight excluding hydrogens is 259 g/mol. The molecule has 2 rings (SSSR count). The molecule has 0 unspecified atom stereocenters. The molecule has 1 heterocycles. The molecule has 0 aliphatic rings. The number of benzene rings is 1. The molecule has 0 bridgehead atoms. The Morgan fingerprint density at radius 3 is 2.95 bits per heavy atom. The van der Waals surface area contributed by atoms with Crippen molar-refractivity contribution in [1.82, 2.24) is 4.57 Å². The first-order valence-corrected chi connectivity index (χ1v) is 6.16. The Morgan fingerprint density at radius 1 is 1.45 bits per heavy atom. The minimum atomic E-state index is -0.450. The van der Waals surface area contributed by atoms with Gasteiger partial charge in [-0.25, -0.2) is 9.18 Å². The van der Waals surface area contributed by atoms with E-state index in [0.29, 0.717) is 16.8 Å². The van der Waals surface area contributed by atoms with Crippen LogP contribution in [0.25, 0.3) is 0 Å². The van der Waals surface area contributed by atoms with Crippen LogP contribution in [-0.2, 0) is 11.3 Å². The van der Waals surface area contributed by atoms with Gasteiger partial charge in [-0.1, -0.05) is 0 Å². The predicted molar refractivity (Wildman–Crippen MR) is 70.6 cm³/mol. The van der Waals surface area contributed by atoms with Crippen LogP contribution in [-0.4, -0.2) is 17.1 Å². The number of carbonyl (C=O) groups is 1. The van der Waals surface area contributed by atoms with Gasteiger partial charge in [-0.3, -0.25) is 0 Å². The summed E-state index contributed by atoms with van der Waals surface area (Å²) in [6.07, 6.45) is 1.67. The molecule has 0 fully saturated rings. The minimum absolute atomic E-state index is 0.169. The summed E-state index contributed by atoms with van der Waals surface area (Å²) >= 11 is 0. The zero-order valence-corrected chi connectivity index (χ0v) is 11.0. The van der Waals surface area contributed by atoms with Crippen LogP contribution in [0.5, 0.6) is 0 Å². The second-order valence-electron chi connectivity index (χ2n) is 4.16. The van der Waals surface area contributed by atoms with Crippen molar-refractivity contribution in [1.29, 1.82) is 5.26 Å². The molecule has 0 N–H and O–H groups in total. The SMILES string of the molecule is CCOC(=O)c1cccn1Cc1cc(C#N)ccc1F. The Kier molecular flexibility index (Phi) is 4.16. The van der Waals surface area contributed by atoms with Gasteiger partial charge in [0.1, 0.15) is 11.5 Å². The van der Waals surface area contributed by atoms with Gasteiger partial charge in [-0.2, -0.15) is 5.26 Å². The van der Waals surface area contributed by atoms with Crippen molar-refractivity contribution in [2.45, 2.75) is 13.5 Å². The summed E-state index contributed by atoms with van der Waals surface area (Å²) in [5, 5.41) is 8.84. The van der Waals surface area contributed by atoms with E-state index in [-0.39, 0.29) is 13.2 Å². The van der Waals surface area contributed by atoms with Crippen LogP contribution < -0.4 is 0 Å². The normalized spacial score (nSPS) is 10.1. The number of aromatic nitrogens is 1. The van der Waals surface area contributed by atoms with Crippen LogP contribution in [0.4, 0.5) is 4.39 Å². The Morgan fingerprint density at radius 2 is 2.25 bits per heavy atom. The molecule has 0 saturated heterocycles. The van der Waals surface area contributed by atoms with Crippen LogP contribution >= 0.6 is 0 Å². The third-order valence-electron chi connectivity index (χ3n) is 2.83. The van der Waals surface area contributed by atoms with E-state index in [9.17, 15) is 9.18 Å². The van der Waals surface area contributed by atoms with E-state index in [1.54, 1.807) is 29.8 Å². The van der Waals surface area contributed by atoms with Crippen molar-refractivity contribution < 1.29 is 13.9 Å². The largest absolute Gasteiger partial charge is 0.461 e. The molecular formula is C15H13FN2O2. The van der Waals surface area contributed by atoms with Crippen LogP contribution in [0, 0.1) is 17.1 Å². The summed E-state index contributed by atoms with van der Waals surface area (Å²) in [6, 6.07) is 9.42. The van der Waals surface area contributed by atoms with Crippen LogP contribution in [0.1, 0.15) is 28.5 Å². The van der Waals surface area contributed by atoms with E-state index in [1.165, 1.54) is 18.2 Å². The molecule has 0 spiro atoms. The molecule has 0 amide bonds. The van der Waals surface area contributed by atoms with E-state index >= 15 is 0 Å². The molecule has 4 nitrogen and oxygen atoms in total. The first kappa shape index (κ1) is 13.8. The zero-order chi connectivity index (χ0) is 14.5. The summed E-state index contributed by atoms with van der Waals surface area (Å²) < 4.78 is 20.3. The number of rotatable bonds is 4.